The van der Waals surface area contributed by atoms with E-state index in [2.05, 4.69) is 36.6 Å². The first kappa shape index (κ1) is 43.9. The van der Waals surface area contributed by atoms with Gasteiger partial charge < -0.3 is 41.2 Å². The van der Waals surface area contributed by atoms with E-state index in [-0.39, 0.29) is 43.2 Å². The molecule has 314 valence electrons. The maximum absolute atomic E-state index is 14.4. The van der Waals surface area contributed by atoms with Crippen molar-refractivity contribution in [3.63, 3.8) is 0 Å². The van der Waals surface area contributed by atoms with E-state index < -0.39 is 72.2 Å². The Balaban J connectivity index is 1.56. The molecule has 0 bridgehead atoms. The second-order valence-corrected chi connectivity index (χ2v) is 16.0. The van der Waals surface area contributed by atoms with Gasteiger partial charge in [0.2, 0.25) is 29.5 Å². The van der Waals surface area contributed by atoms with E-state index in [1.54, 1.807) is 56.8 Å². The predicted molar refractivity (Wildman–Crippen MR) is 223 cm³/mol. The number of ether oxygens (including phenoxy) is 1. The van der Waals surface area contributed by atoms with E-state index in [9.17, 15) is 28.8 Å². The topological polar surface area (TPSA) is 204 Å². The van der Waals surface area contributed by atoms with Gasteiger partial charge in [0.05, 0.1) is 19.2 Å². The quantitative estimate of drug-likeness (QED) is 0.148. The summed E-state index contributed by atoms with van der Waals surface area (Å²) in [7, 11) is 1.54. The highest BCUT2D eigenvalue weighted by molar-refractivity contribution is 5.99. The van der Waals surface area contributed by atoms with Gasteiger partial charge in [-0.3, -0.25) is 33.8 Å². The molecule has 1 aliphatic rings. The van der Waals surface area contributed by atoms with Gasteiger partial charge in [0, 0.05) is 54.9 Å². The Morgan fingerprint density at radius 3 is 2.15 bits per heavy atom. The zero-order valence-corrected chi connectivity index (χ0v) is 34.8. The number of carbonyl (C=O) groups is 6. The molecule has 5 atom stereocenters. The number of benzene rings is 2. The van der Waals surface area contributed by atoms with E-state index in [1.807, 2.05) is 52.0 Å². The number of hydrogen-bond donors (Lipinski definition) is 6. The smallest absolute Gasteiger partial charge is 0.256 e. The number of hydrogen-bond acceptors (Lipinski definition) is 8. The van der Waals surface area contributed by atoms with Gasteiger partial charge in [0.25, 0.3) is 5.91 Å². The summed E-state index contributed by atoms with van der Waals surface area (Å²) in [6.07, 6.45) is 5.10. The highest BCUT2D eigenvalue weighted by Gasteiger charge is 2.34. The van der Waals surface area contributed by atoms with Crippen LogP contribution in [0.15, 0.2) is 73.2 Å². The number of H-pyrrole nitrogens is 1. The van der Waals surface area contributed by atoms with Crippen molar-refractivity contribution in [1.29, 1.82) is 0 Å². The van der Waals surface area contributed by atoms with Crippen LogP contribution in [-0.4, -0.2) is 101 Å². The minimum Gasteiger partial charge on any atom is -0.497 e. The summed E-state index contributed by atoms with van der Waals surface area (Å²) in [5.41, 5.74) is 3.22. The van der Waals surface area contributed by atoms with Crippen LogP contribution in [0.1, 0.15) is 68.1 Å². The number of carbonyl (C=O) groups excluding carboxylic acids is 6. The third-order valence-corrected chi connectivity index (χ3v) is 10.5. The minimum absolute atomic E-state index is 0.0539. The van der Waals surface area contributed by atoms with Gasteiger partial charge in [-0.05, 0) is 73.1 Å². The largest absolute Gasteiger partial charge is 0.497 e. The van der Waals surface area contributed by atoms with Gasteiger partial charge in [-0.25, -0.2) is 0 Å². The molecule has 2 aromatic carbocycles. The van der Waals surface area contributed by atoms with E-state index in [0.717, 1.165) is 16.5 Å². The summed E-state index contributed by atoms with van der Waals surface area (Å²) in [4.78, 5) is 93.4. The second-order valence-electron chi connectivity index (χ2n) is 16.0. The van der Waals surface area contributed by atoms with E-state index in [1.165, 1.54) is 18.0 Å². The van der Waals surface area contributed by atoms with Crippen molar-refractivity contribution in [1.82, 2.24) is 41.5 Å². The second kappa shape index (κ2) is 19.9. The highest BCUT2D eigenvalue weighted by Crippen LogP contribution is 2.20. The SMILES string of the molecule is COc1ccc(C[C@@H]2NC(=O)[C@H](CC(C)C)NC(=O)[C@@H](Cc3c[nH]c4ccccc34)NC(=O)CN(C(=O)c3cnccc3C)C[C@H](C(C)C)NC(=O)[C@@H](C)NC2=O)cc1. The molecule has 3 heterocycles. The van der Waals surface area contributed by atoms with E-state index in [4.69, 9.17) is 4.74 Å². The molecule has 59 heavy (non-hydrogen) atoms. The zero-order chi connectivity index (χ0) is 42.8. The lowest BCUT2D eigenvalue weighted by Crippen LogP contribution is -2.60. The van der Waals surface area contributed by atoms with Crippen LogP contribution in [0.2, 0.25) is 0 Å². The summed E-state index contributed by atoms with van der Waals surface area (Å²) in [6.45, 7) is 10.3. The van der Waals surface area contributed by atoms with Gasteiger partial charge in [0.1, 0.15) is 29.9 Å². The molecular weight excluding hydrogens is 753 g/mol. The monoisotopic (exact) mass is 808 g/mol. The number of amides is 6. The molecule has 6 amide bonds. The third kappa shape index (κ3) is 11.7. The Labute approximate surface area is 344 Å². The summed E-state index contributed by atoms with van der Waals surface area (Å²) in [6, 6.07) is 11.1. The number of aromatic nitrogens is 2. The van der Waals surface area contributed by atoms with Crippen LogP contribution in [-0.2, 0) is 36.8 Å². The van der Waals surface area contributed by atoms with Crippen molar-refractivity contribution < 1.29 is 33.5 Å². The molecule has 15 heteroatoms. The standard InChI is InChI=1S/C44H56N8O7/c1-25(2)18-35-42(56)50-36(19-29-12-14-31(59-7)15-13-29)41(55)47-28(6)40(54)51-38(26(3)4)23-52(44(58)33-22-45-17-16-27(33)5)24-39(53)48-37(43(57)49-35)20-30-21-46-34-11-9-8-10-32(30)34/h8-17,21-22,25-26,28,35-38,46H,18-20,23-24H2,1-7H3,(H,47,55)(H,48,53)(H,49,57)(H,50,56)(H,51,54)/t28-,35+,36+,37-,38-/m1/s1. The molecule has 1 aliphatic heterocycles. The van der Waals surface area contributed by atoms with Crippen molar-refractivity contribution in [2.45, 2.75) is 91.0 Å². The number of aryl methyl sites for hydroxylation is 1. The maximum atomic E-state index is 14.4. The van der Waals surface area contributed by atoms with Crippen molar-refractivity contribution in [2.75, 3.05) is 20.2 Å². The highest BCUT2D eigenvalue weighted by atomic mass is 16.5. The fourth-order valence-electron chi connectivity index (χ4n) is 7.02. The third-order valence-electron chi connectivity index (χ3n) is 10.5. The molecule has 4 aromatic rings. The van der Waals surface area contributed by atoms with Gasteiger partial charge in [-0.1, -0.05) is 58.0 Å². The Kier molecular flexibility index (Phi) is 14.8. The van der Waals surface area contributed by atoms with Crippen LogP contribution in [0.3, 0.4) is 0 Å². The molecule has 1 fully saturated rings. The molecule has 5 rings (SSSR count). The summed E-state index contributed by atoms with van der Waals surface area (Å²) >= 11 is 0. The van der Waals surface area contributed by atoms with Crippen LogP contribution >= 0.6 is 0 Å². The number of pyridine rings is 1. The minimum atomic E-state index is -1.18. The van der Waals surface area contributed by atoms with Gasteiger partial charge in [0.15, 0.2) is 0 Å². The fraction of sp³-hybridized carbons (Fsp3) is 0.432. The van der Waals surface area contributed by atoms with Crippen molar-refractivity contribution in [3.05, 3.63) is 95.4 Å². The Hall–Kier alpha value is -6.25. The molecule has 1 saturated heterocycles. The maximum Gasteiger partial charge on any atom is 0.256 e. The van der Waals surface area contributed by atoms with Gasteiger partial charge >= 0.3 is 0 Å². The van der Waals surface area contributed by atoms with Crippen LogP contribution in [0.4, 0.5) is 0 Å². The van der Waals surface area contributed by atoms with E-state index in [0.29, 0.717) is 16.9 Å². The Morgan fingerprint density at radius 2 is 1.47 bits per heavy atom. The van der Waals surface area contributed by atoms with E-state index >= 15 is 0 Å². The normalized spacial score (nSPS) is 21.5. The number of nitrogens with zero attached hydrogens (tertiary/aromatic N) is 2. The first-order valence-electron chi connectivity index (χ1n) is 20.0. The predicted octanol–water partition coefficient (Wildman–Crippen LogP) is 2.97. The first-order valence-corrected chi connectivity index (χ1v) is 20.0. The number of methoxy groups -OCH3 is 1. The van der Waals surface area contributed by atoms with Crippen LogP contribution in [0.25, 0.3) is 10.9 Å². The Bertz CT molecular complexity index is 2130. The lowest BCUT2D eigenvalue weighted by molar-refractivity contribution is -0.135. The number of para-hydroxylation sites is 1. The summed E-state index contributed by atoms with van der Waals surface area (Å²) in [5, 5.41) is 15.2. The average molecular weight is 809 g/mol. The van der Waals surface area contributed by atoms with Crippen LogP contribution in [0.5, 0.6) is 5.75 Å². The molecule has 15 nitrogen and oxygen atoms in total. The number of rotatable bonds is 9. The number of nitrogens with one attached hydrogen (secondary N) is 6. The lowest BCUT2D eigenvalue weighted by atomic mass is 9.99. The van der Waals surface area contributed by atoms with Crippen molar-refractivity contribution >= 4 is 46.3 Å². The number of fused-ring (bicyclic) bond motifs is 1. The van der Waals surface area contributed by atoms with Crippen LogP contribution < -0.4 is 31.3 Å². The molecule has 0 saturated carbocycles. The molecule has 6 N–H and O–H groups in total. The van der Waals surface area contributed by atoms with Gasteiger partial charge in [-0.15, -0.1) is 0 Å². The van der Waals surface area contributed by atoms with Crippen molar-refractivity contribution in [3.8, 4) is 5.75 Å². The molecule has 2 aromatic heterocycles. The molecule has 0 aliphatic carbocycles. The average Bonchev–Trinajstić information content (AvgIpc) is 3.61. The molecular formula is C44H56N8O7. The fourth-order valence-corrected chi connectivity index (χ4v) is 7.02. The molecule has 0 spiro atoms. The summed E-state index contributed by atoms with van der Waals surface area (Å²) in [5.74, 6) is -3.15. The molecule has 0 unspecified atom stereocenters. The first-order chi connectivity index (χ1) is 28.1. The van der Waals surface area contributed by atoms with Crippen molar-refractivity contribution in [2.24, 2.45) is 11.8 Å². The molecule has 0 radical (unpaired) electrons. The van der Waals surface area contributed by atoms with Crippen LogP contribution in [0, 0.1) is 18.8 Å². The Morgan fingerprint density at radius 1 is 0.814 bits per heavy atom. The zero-order valence-electron chi connectivity index (χ0n) is 34.8. The summed E-state index contributed by atoms with van der Waals surface area (Å²) < 4.78 is 5.29. The number of aromatic amines is 1. The lowest BCUT2D eigenvalue weighted by Gasteiger charge is -2.32. The van der Waals surface area contributed by atoms with Gasteiger partial charge in [-0.2, -0.15) is 0 Å².